The SMILES string of the molecule is CCOc1cccc(O)c1C(=O)OC. The number of phenolic OH excluding ortho intramolecular Hbond substituents is 1. The minimum atomic E-state index is -0.605. The van der Waals surface area contributed by atoms with E-state index in [1.807, 2.05) is 0 Å². The molecule has 0 saturated heterocycles. The van der Waals surface area contributed by atoms with Crippen molar-refractivity contribution < 1.29 is 19.4 Å². The van der Waals surface area contributed by atoms with Crippen molar-refractivity contribution in [1.82, 2.24) is 0 Å². The van der Waals surface area contributed by atoms with E-state index in [2.05, 4.69) is 4.74 Å². The Hall–Kier alpha value is -1.71. The Morgan fingerprint density at radius 1 is 1.50 bits per heavy atom. The van der Waals surface area contributed by atoms with Crippen LogP contribution in [-0.2, 0) is 4.74 Å². The average Bonchev–Trinajstić information content (AvgIpc) is 2.18. The van der Waals surface area contributed by atoms with E-state index in [0.717, 1.165) is 0 Å². The Kier molecular flexibility index (Phi) is 3.34. The third kappa shape index (κ3) is 1.96. The smallest absolute Gasteiger partial charge is 0.345 e. The number of methoxy groups -OCH3 is 1. The molecule has 76 valence electrons. The van der Waals surface area contributed by atoms with E-state index in [1.54, 1.807) is 19.1 Å². The maximum atomic E-state index is 11.3. The Balaban J connectivity index is 3.15. The summed E-state index contributed by atoms with van der Waals surface area (Å²) in [7, 11) is 1.25. The first-order valence-corrected chi connectivity index (χ1v) is 4.23. The van der Waals surface area contributed by atoms with Crippen LogP contribution in [0.2, 0.25) is 0 Å². The van der Waals surface area contributed by atoms with Gasteiger partial charge in [0, 0.05) is 0 Å². The number of carbonyl (C=O) groups excluding carboxylic acids is 1. The van der Waals surface area contributed by atoms with E-state index in [1.165, 1.54) is 13.2 Å². The third-order valence-electron chi connectivity index (χ3n) is 1.69. The van der Waals surface area contributed by atoms with Gasteiger partial charge in [-0.3, -0.25) is 0 Å². The molecular formula is C10H12O4. The lowest BCUT2D eigenvalue weighted by atomic mass is 10.2. The fourth-order valence-corrected chi connectivity index (χ4v) is 1.10. The summed E-state index contributed by atoms with van der Waals surface area (Å²) < 4.78 is 9.71. The van der Waals surface area contributed by atoms with Crippen molar-refractivity contribution in [3.05, 3.63) is 23.8 Å². The van der Waals surface area contributed by atoms with E-state index in [0.29, 0.717) is 12.4 Å². The summed E-state index contributed by atoms with van der Waals surface area (Å²) >= 11 is 0. The van der Waals surface area contributed by atoms with Crippen LogP contribution in [0, 0.1) is 0 Å². The van der Waals surface area contributed by atoms with Crippen LogP contribution in [0.5, 0.6) is 11.5 Å². The molecule has 0 radical (unpaired) electrons. The number of aromatic hydroxyl groups is 1. The first kappa shape index (κ1) is 10.4. The van der Waals surface area contributed by atoms with E-state index in [4.69, 9.17) is 4.74 Å². The summed E-state index contributed by atoms with van der Waals surface area (Å²) in [5, 5.41) is 9.44. The van der Waals surface area contributed by atoms with Gasteiger partial charge in [-0.15, -0.1) is 0 Å². The van der Waals surface area contributed by atoms with Gasteiger partial charge in [-0.25, -0.2) is 4.79 Å². The first-order valence-electron chi connectivity index (χ1n) is 4.23. The molecule has 1 N–H and O–H groups in total. The van der Waals surface area contributed by atoms with Gasteiger partial charge in [0.25, 0.3) is 0 Å². The summed E-state index contributed by atoms with van der Waals surface area (Å²) in [6, 6.07) is 4.62. The van der Waals surface area contributed by atoms with Crippen LogP contribution in [0.15, 0.2) is 18.2 Å². The van der Waals surface area contributed by atoms with Crippen molar-refractivity contribution in [2.24, 2.45) is 0 Å². The Labute approximate surface area is 82.1 Å². The number of hydrogen-bond acceptors (Lipinski definition) is 4. The number of carbonyl (C=O) groups is 1. The quantitative estimate of drug-likeness (QED) is 0.745. The minimum absolute atomic E-state index is 0.0665. The fraction of sp³-hybridized carbons (Fsp3) is 0.300. The first-order chi connectivity index (χ1) is 6.70. The maximum Gasteiger partial charge on any atom is 0.345 e. The Bertz CT molecular complexity index is 333. The second-order valence-electron chi connectivity index (χ2n) is 2.57. The molecule has 14 heavy (non-hydrogen) atoms. The van der Waals surface area contributed by atoms with Gasteiger partial charge in [-0.1, -0.05) is 6.07 Å². The summed E-state index contributed by atoms with van der Waals surface area (Å²) in [6.07, 6.45) is 0. The number of rotatable bonds is 3. The van der Waals surface area contributed by atoms with Crippen LogP contribution in [0.1, 0.15) is 17.3 Å². The van der Waals surface area contributed by atoms with Gasteiger partial charge in [0.2, 0.25) is 0 Å². The van der Waals surface area contributed by atoms with Crippen LogP contribution in [0.4, 0.5) is 0 Å². The van der Waals surface area contributed by atoms with Crippen LogP contribution in [0.25, 0.3) is 0 Å². The molecule has 0 aromatic heterocycles. The molecule has 0 aliphatic carbocycles. The highest BCUT2D eigenvalue weighted by Gasteiger charge is 2.17. The van der Waals surface area contributed by atoms with E-state index < -0.39 is 5.97 Å². The number of hydrogen-bond donors (Lipinski definition) is 1. The molecule has 0 atom stereocenters. The molecule has 1 aromatic carbocycles. The van der Waals surface area contributed by atoms with Crippen molar-refractivity contribution in [2.45, 2.75) is 6.92 Å². The fourth-order valence-electron chi connectivity index (χ4n) is 1.10. The van der Waals surface area contributed by atoms with Gasteiger partial charge in [0.1, 0.15) is 17.1 Å². The minimum Gasteiger partial charge on any atom is -0.507 e. The third-order valence-corrected chi connectivity index (χ3v) is 1.69. The molecule has 0 heterocycles. The van der Waals surface area contributed by atoms with E-state index in [9.17, 15) is 9.90 Å². The second-order valence-corrected chi connectivity index (χ2v) is 2.57. The molecule has 4 heteroatoms. The highest BCUT2D eigenvalue weighted by atomic mass is 16.5. The molecule has 0 saturated carbocycles. The molecule has 0 amide bonds. The Morgan fingerprint density at radius 2 is 2.21 bits per heavy atom. The number of phenols is 1. The molecule has 1 aromatic rings. The van der Waals surface area contributed by atoms with E-state index >= 15 is 0 Å². The normalized spacial score (nSPS) is 9.57. The highest BCUT2D eigenvalue weighted by Crippen LogP contribution is 2.27. The molecule has 0 spiro atoms. The highest BCUT2D eigenvalue weighted by molar-refractivity contribution is 5.95. The second kappa shape index (κ2) is 4.50. The van der Waals surface area contributed by atoms with Crippen molar-refractivity contribution in [3.8, 4) is 11.5 Å². The lowest BCUT2D eigenvalue weighted by molar-refractivity contribution is 0.0593. The number of ether oxygens (including phenoxy) is 2. The van der Waals surface area contributed by atoms with Crippen LogP contribution in [-0.4, -0.2) is 24.8 Å². The van der Waals surface area contributed by atoms with Gasteiger partial charge < -0.3 is 14.6 Å². The lowest BCUT2D eigenvalue weighted by Gasteiger charge is -2.09. The van der Waals surface area contributed by atoms with Crippen molar-refractivity contribution in [3.63, 3.8) is 0 Å². The van der Waals surface area contributed by atoms with Crippen molar-refractivity contribution >= 4 is 5.97 Å². The summed E-state index contributed by atoms with van der Waals surface area (Å²) in [4.78, 5) is 11.3. The summed E-state index contributed by atoms with van der Waals surface area (Å²) in [5.74, 6) is -0.409. The summed E-state index contributed by atoms with van der Waals surface area (Å²) in [5.41, 5.74) is 0.0665. The molecule has 1 rings (SSSR count). The topological polar surface area (TPSA) is 55.8 Å². The average molecular weight is 196 g/mol. The lowest BCUT2D eigenvalue weighted by Crippen LogP contribution is -2.05. The number of benzene rings is 1. The molecule has 0 fully saturated rings. The monoisotopic (exact) mass is 196 g/mol. The summed E-state index contributed by atoms with van der Waals surface area (Å²) in [6.45, 7) is 2.22. The zero-order valence-corrected chi connectivity index (χ0v) is 8.11. The van der Waals surface area contributed by atoms with Crippen molar-refractivity contribution in [2.75, 3.05) is 13.7 Å². The van der Waals surface area contributed by atoms with Gasteiger partial charge >= 0.3 is 5.97 Å². The Morgan fingerprint density at radius 3 is 2.79 bits per heavy atom. The zero-order chi connectivity index (χ0) is 10.6. The molecule has 0 aliphatic heterocycles. The molecular weight excluding hydrogens is 184 g/mol. The van der Waals surface area contributed by atoms with Crippen molar-refractivity contribution in [1.29, 1.82) is 0 Å². The molecule has 4 nitrogen and oxygen atoms in total. The predicted octanol–water partition coefficient (Wildman–Crippen LogP) is 1.58. The number of esters is 1. The largest absolute Gasteiger partial charge is 0.507 e. The molecule has 0 aliphatic rings. The maximum absolute atomic E-state index is 11.3. The van der Waals surface area contributed by atoms with Gasteiger partial charge in [0.15, 0.2) is 0 Å². The predicted molar refractivity (Wildman–Crippen MR) is 50.6 cm³/mol. The van der Waals surface area contributed by atoms with E-state index in [-0.39, 0.29) is 11.3 Å². The van der Waals surface area contributed by atoms with Crippen LogP contribution < -0.4 is 4.74 Å². The van der Waals surface area contributed by atoms with Gasteiger partial charge in [0.05, 0.1) is 13.7 Å². The van der Waals surface area contributed by atoms with Gasteiger partial charge in [-0.05, 0) is 19.1 Å². The van der Waals surface area contributed by atoms with Gasteiger partial charge in [-0.2, -0.15) is 0 Å². The zero-order valence-electron chi connectivity index (χ0n) is 8.11. The molecule has 0 unspecified atom stereocenters. The van der Waals surface area contributed by atoms with Crippen LogP contribution >= 0.6 is 0 Å². The van der Waals surface area contributed by atoms with Crippen LogP contribution in [0.3, 0.4) is 0 Å². The molecule has 0 bridgehead atoms. The standard InChI is InChI=1S/C10H12O4/c1-3-14-8-6-4-5-7(11)9(8)10(12)13-2/h4-6,11H,3H2,1-2H3.